The molecule has 0 spiro atoms. The lowest BCUT2D eigenvalue weighted by molar-refractivity contribution is -0.146. The van der Waals surface area contributed by atoms with Gasteiger partial charge < -0.3 is 14.9 Å². The summed E-state index contributed by atoms with van der Waals surface area (Å²) in [4.78, 5) is 10.9. The van der Waals surface area contributed by atoms with Crippen LogP contribution in [0.2, 0.25) is 0 Å². The zero-order valence-electron chi connectivity index (χ0n) is 12.2. The molecule has 0 bridgehead atoms. The summed E-state index contributed by atoms with van der Waals surface area (Å²) in [6.45, 7) is 2.86. The average molecular weight is 288 g/mol. The van der Waals surface area contributed by atoms with Crippen molar-refractivity contribution in [2.45, 2.75) is 32.0 Å². The molecule has 0 fully saturated rings. The molecule has 0 aliphatic heterocycles. The van der Waals surface area contributed by atoms with Crippen molar-refractivity contribution in [3.05, 3.63) is 53.6 Å². The van der Waals surface area contributed by atoms with Gasteiger partial charge in [0.25, 0.3) is 0 Å². The lowest BCUT2D eigenvalue weighted by Gasteiger charge is -2.31. The maximum atomic E-state index is 10.9. The quantitative estimate of drug-likeness (QED) is 0.832. The van der Waals surface area contributed by atoms with Crippen LogP contribution in [0.25, 0.3) is 5.57 Å². The van der Waals surface area contributed by atoms with Gasteiger partial charge >= 0.3 is 5.97 Å². The molecule has 1 aromatic rings. The van der Waals surface area contributed by atoms with Crippen LogP contribution in [-0.4, -0.2) is 34.5 Å². The number of carbonyl (C=O) groups is 1. The van der Waals surface area contributed by atoms with Crippen molar-refractivity contribution in [1.82, 2.24) is 0 Å². The van der Waals surface area contributed by atoms with Crippen LogP contribution in [-0.2, 0) is 9.53 Å². The molecule has 2 N–H and O–H groups in total. The average Bonchev–Trinajstić information content (AvgIpc) is 2.46. The van der Waals surface area contributed by atoms with E-state index in [2.05, 4.69) is 0 Å². The monoisotopic (exact) mass is 288 g/mol. The number of ether oxygens (including phenoxy) is 1. The van der Waals surface area contributed by atoms with Crippen LogP contribution in [0, 0.1) is 0 Å². The Bertz CT molecular complexity index is 572. The van der Waals surface area contributed by atoms with E-state index in [0.29, 0.717) is 0 Å². The molecule has 2 rings (SSSR count). The van der Waals surface area contributed by atoms with E-state index in [-0.39, 0.29) is 13.0 Å². The number of rotatable bonds is 4. The van der Waals surface area contributed by atoms with Crippen LogP contribution < -0.4 is 0 Å². The number of benzene rings is 1. The highest BCUT2D eigenvalue weighted by Crippen LogP contribution is 2.34. The smallest absolute Gasteiger partial charge is 0.302 e. The van der Waals surface area contributed by atoms with E-state index < -0.39 is 17.7 Å². The molecule has 0 heterocycles. The van der Waals surface area contributed by atoms with Gasteiger partial charge in [-0.1, -0.05) is 36.4 Å². The molecular formula is C17H20O4. The number of hydrogen-bond acceptors (Lipinski definition) is 4. The molecule has 1 aromatic carbocycles. The summed E-state index contributed by atoms with van der Waals surface area (Å²) in [5.41, 5.74) is 1.35. The molecule has 0 radical (unpaired) electrons. The fraction of sp³-hybridized carbons (Fsp3) is 0.353. The van der Waals surface area contributed by atoms with Crippen LogP contribution in [0.4, 0.5) is 0 Å². The van der Waals surface area contributed by atoms with E-state index in [1.807, 2.05) is 30.3 Å². The number of allylic oxidation sites excluding steroid dienone is 2. The topological polar surface area (TPSA) is 66.8 Å². The summed E-state index contributed by atoms with van der Waals surface area (Å²) in [5, 5.41) is 20.5. The first-order valence-corrected chi connectivity index (χ1v) is 6.93. The third kappa shape index (κ3) is 3.80. The molecule has 2 atom stereocenters. The molecule has 1 aliphatic carbocycles. The molecular weight excluding hydrogens is 268 g/mol. The van der Waals surface area contributed by atoms with Crippen molar-refractivity contribution in [3.63, 3.8) is 0 Å². The second-order valence-corrected chi connectivity index (χ2v) is 5.37. The van der Waals surface area contributed by atoms with Crippen molar-refractivity contribution in [1.29, 1.82) is 0 Å². The highest BCUT2D eigenvalue weighted by atomic mass is 16.5. The molecule has 4 nitrogen and oxygen atoms in total. The van der Waals surface area contributed by atoms with Gasteiger partial charge in [0.15, 0.2) is 0 Å². The van der Waals surface area contributed by atoms with Crippen LogP contribution in [0.5, 0.6) is 0 Å². The Kier molecular flexibility index (Phi) is 4.60. The molecule has 1 aliphatic rings. The Hall–Kier alpha value is -1.91. The lowest BCUT2D eigenvalue weighted by Crippen LogP contribution is -2.36. The Labute approximate surface area is 124 Å². The lowest BCUT2D eigenvalue weighted by atomic mass is 9.82. The number of esters is 1. The van der Waals surface area contributed by atoms with Crippen LogP contribution in [0.15, 0.2) is 48.1 Å². The van der Waals surface area contributed by atoms with Gasteiger partial charge in [0.1, 0.15) is 12.2 Å². The molecule has 2 unspecified atom stereocenters. The summed E-state index contributed by atoms with van der Waals surface area (Å²) in [6, 6.07) is 9.69. The van der Waals surface area contributed by atoms with Crippen molar-refractivity contribution in [2.75, 3.05) is 6.61 Å². The fourth-order valence-electron chi connectivity index (χ4n) is 2.43. The van der Waals surface area contributed by atoms with Gasteiger partial charge in [-0.3, -0.25) is 4.79 Å². The van der Waals surface area contributed by atoms with Gasteiger partial charge in [-0.25, -0.2) is 0 Å². The Morgan fingerprint density at radius 1 is 1.38 bits per heavy atom. The summed E-state index contributed by atoms with van der Waals surface area (Å²) in [7, 11) is 0. The molecule has 0 amide bonds. The summed E-state index contributed by atoms with van der Waals surface area (Å²) in [6.07, 6.45) is 2.96. The first kappa shape index (κ1) is 15.5. The Morgan fingerprint density at radius 2 is 2.05 bits per heavy atom. The van der Waals surface area contributed by atoms with Gasteiger partial charge in [0, 0.05) is 13.3 Å². The van der Waals surface area contributed by atoms with E-state index in [1.165, 1.54) is 6.92 Å². The third-order valence-electron chi connectivity index (χ3n) is 3.52. The van der Waals surface area contributed by atoms with Crippen LogP contribution in [0.1, 0.15) is 25.8 Å². The largest absolute Gasteiger partial charge is 0.462 e. The number of hydrogen-bond donors (Lipinski definition) is 2. The molecule has 4 heteroatoms. The third-order valence-corrected chi connectivity index (χ3v) is 3.52. The highest BCUT2D eigenvalue weighted by molar-refractivity contribution is 5.79. The number of aliphatic hydroxyl groups excluding tert-OH is 1. The standard InChI is InChI=1S/C17H20O4/c1-12(18)16-10-17(20,11-21-13(2)19)9-8-15(16)14-6-4-3-5-7-14/h3-9,12,18,20H,10-11H2,1-2H3. The predicted molar refractivity (Wildman–Crippen MR) is 80.4 cm³/mol. The fourth-order valence-corrected chi connectivity index (χ4v) is 2.43. The van der Waals surface area contributed by atoms with E-state index in [0.717, 1.165) is 16.7 Å². The zero-order valence-corrected chi connectivity index (χ0v) is 12.2. The SMILES string of the molecule is CC(=O)OCC1(O)C=CC(c2ccccc2)=C(C(C)O)C1. The van der Waals surface area contributed by atoms with Crippen molar-refractivity contribution in [3.8, 4) is 0 Å². The van der Waals surface area contributed by atoms with Gasteiger partial charge in [-0.2, -0.15) is 0 Å². The van der Waals surface area contributed by atoms with Gasteiger partial charge in [0.05, 0.1) is 6.10 Å². The predicted octanol–water partition coefficient (Wildman–Crippen LogP) is 2.08. The second kappa shape index (κ2) is 6.24. The maximum Gasteiger partial charge on any atom is 0.302 e. The summed E-state index contributed by atoms with van der Waals surface area (Å²) in [5.74, 6) is -0.437. The minimum absolute atomic E-state index is 0.114. The Balaban J connectivity index is 2.30. The van der Waals surface area contributed by atoms with Crippen LogP contribution >= 0.6 is 0 Å². The van der Waals surface area contributed by atoms with Gasteiger partial charge in [0.2, 0.25) is 0 Å². The minimum atomic E-state index is -1.27. The molecule has 21 heavy (non-hydrogen) atoms. The van der Waals surface area contributed by atoms with Crippen LogP contribution in [0.3, 0.4) is 0 Å². The van der Waals surface area contributed by atoms with Crippen molar-refractivity contribution in [2.24, 2.45) is 0 Å². The number of aliphatic hydroxyl groups is 2. The van der Waals surface area contributed by atoms with E-state index in [9.17, 15) is 15.0 Å². The molecule has 0 saturated carbocycles. The first-order valence-electron chi connectivity index (χ1n) is 6.93. The molecule has 0 aromatic heterocycles. The van der Waals surface area contributed by atoms with Gasteiger partial charge in [-0.15, -0.1) is 0 Å². The highest BCUT2D eigenvalue weighted by Gasteiger charge is 2.32. The van der Waals surface area contributed by atoms with Crippen molar-refractivity contribution < 1.29 is 19.7 Å². The molecule has 0 saturated heterocycles. The number of carbonyl (C=O) groups excluding carboxylic acids is 1. The van der Waals surface area contributed by atoms with Crippen molar-refractivity contribution >= 4 is 11.5 Å². The summed E-state index contributed by atoms with van der Waals surface area (Å²) < 4.78 is 4.91. The Morgan fingerprint density at radius 3 is 2.62 bits per heavy atom. The zero-order chi connectivity index (χ0) is 15.5. The summed E-state index contributed by atoms with van der Waals surface area (Å²) >= 11 is 0. The van der Waals surface area contributed by atoms with Gasteiger partial charge in [-0.05, 0) is 29.7 Å². The minimum Gasteiger partial charge on any atom is -0.462 e. The maximum absolute atomic E-state index is 10.9. The van der Waals surface area contributed by atoms with E-state index in [4.69, 9.17) is 4.74 Å². The van der Waals surface area contributed by atoms with E-state index in [1.54, 1.807) is 19.1 Å². The normalized spacial score (nSPS) is 23.0. The second-order valence-electron chi connectivity index (χ2n) is 5.37. The van der Waals surface area contributed by atoms with E-state index >= 15 is 0 Å². The first-order chi connectivity index (χ1) is 9.91. The molecule has 112 valence electrons.